The third-order valence-electron chi connectivity index (χ3n) is 2.54. The van der Waals surface area contributed by atoms with E-state index in [2.05, 4.69) is 15.9 Å². The summed E-state index contributed by atoms with van der Waals surface area (Å²) in [5.74, 6) is -1.98. The molecule has 1 atom stereocenters. The van der Waals surface area contributed by atoms with Crippen LogP contribution in [0, 0.1) is 11.6 Å². The molecule has 0 fully saturated rings. The molecule has 0 bridgehead atoms. The van der Waals surface area contributed by atoms with Crippen LogP contribution in [0.2, 0.25) is 0 Å². The van der Waals surface area contributed by atoms with Crippen LogP contribution in [0.4, 0.5) is 8.78 Å². The largest absolute Gasteiger partial charge is 0.380 e. The summed E-state index contributed by atoms with van der Waals surface area (Å²) in [6, 6.07) is 5.54. The number of rotatable bonds is 2. The normalized spacial score (nSPS) is 14.6. The summed E-state index contributed by atoms with van der Waals surface area (Å²) in [6.45, 7) is 1.45. The van der Waals surface area contributed by atoms with Gasteiger partial charge in [-0.25, -0.2) is 8.78 Å². The molecule has 0 saturated carbocycles. The number of hydrogen-bond donors (Lipinski definition) is 1. The Hall–Kier alpha value is -0.780. The molecule has 17 heavy (non-hydrogen) atoms. The second kappa shape index (κ2) is 4.48. The first-order valence-corrected chi connectivity index (χ1v) is 6.52. The predicted molar refractivity (Wildman–Crippen MR) is 67.0 cm³/mol. The van der Waals surface area contributed by atoms with Gasteiger partial charge >= 0.3 is 0 Å². The van der Waals surface area contributed by atoms with Crippen molar-refractivity contribution in [1.29, 1.82) is 0 Å². The summed E-state index contributed by atoms with van der Waals surface area (Å²) >= 11 is 4.56. The summed E-state index contributed by atoms with van der Waals surface area (Å²) in [7, 11) is 0. The quantitative estimate of drug-likeness (QED) is 0.885. The van der Waals surface area contributed by atoms with Crippen molar-refractivity contribution in [2.24, 2.45) is 0 Å². The molecule has 0 aliphatic rings. The fourth-order valence-electron chi connectivity index (χ4n) is 1.64. The van der Waals surface area contributed by atoms with Gasteiger partial charge in [0.2, 0.25) is 0 Å². The Labute approximate surface area is 110 Å². The van der Waals surface area contributed by atoms with Crippen molar-refractivity contribution in [3.63, 3.8) is 0 Å². The summed E-state index contributed by atoms with van der Waals surface area (Å²) in [5, 5.41) is 12.2. The minimum absolute atomic E-state index is 0.0688. The second-order valence-corrected chi connectivity index (χ2v) is 5.54. The maximum Gasteiger partial charge on any atom is 0.165 e. The number of benzene rings is 1. The summed E-state index contributed by atoms with van der Waals surface area (Å²) in [6.07, 6.45) is 0. The maximum atomic E-state index is 13.7. The van der Waals surface area contributed by atoms with Crippen molar-refractivity contribution in [3.05, 3.63) is 56.2 Å². The number of aliphatic hydroxyl groups is 1. The van der Waals surface area contributed by atoms with Gasteiger partial charge in [0.15, 0.2) is 11.6 Å². The van der Waals surface area contributed by atoms with Crippen molar-refractivity contribution < 1.29 is 13.9 Å². The Morgan fingerprint density at radius 3 is 2.59 bits per heavy atom. The van der Waals surface area contributed by atoms with Crippen LogP contribution in [0.15, 0.2) is 34.1 Å². The molecule has 5 heteroatoms. The highest BCUT2D eigenvalue weighted by atomic mass is 79.9. The average molecular weight is 319 g/mol. The molecule has 1 aromatic carbocycles. The van der Waals surface area contributed by atoms with Gasteiger partial charge in [0.25, 0.3) is 0 Å². The fraction of sp³-hybridized carbons (Fsp3) is 0.167. The first-order valence-electron chi connectivity index (χ1n) is 4.85. The van der Waals surface area contributed by atoms with E-state index in [1.54, 1.807) is 11.4 Å². The van der Waals surface area contributed by atoms with Crippen LogP contribution < -0.4 is 0 Å². The molecule has 1 unspecified atom stereocenters. The first-order chi connectivity index (χ1) is 7.94. The van der Waals surface area contributed by atoms with Crippen molar-refractivity contribution in [1.82, 2.24) is 0 Å². The zero-order valence-corrected chi connectivity index (χ0v) is 11.3. The Morgan fingerprint density at radius 2 is 2.00 bits per heavy atom. The molecule has 0 amide bonds. The van der Waals surface area contributed by atoms with E-state index in [-0.39, 0.29) is 5.56 Å². The van der Waals surface area contributed by atoms with Gasteiger partial charge in [-0.15, -0.1) is 11.3 Å². The zero-order valence-electron chi connectivity index (χ0n) is 8.88. The molecule has 0 radical (unpaired) electrons. The van der Waals surface area contributed by atoms with Crippen LogP contribution in [0.5, 0.6) is 0 Å². The van der Waals surface area contributed by atoms with Gasteiger partial charge in [0, 0.05) is 10.0 Å². The average Bonchev–Trinajstić information content (AvgIpc) is 2.69. The molecular formula is C12H9BrF2OS. The molecule has 2 aromatic rings. The highest BCUT2D eigenvalue weighted by molar-refractivity contribution is 9.10. The minimum atomic E-state index is -1.56. The van der Waals surface area contributed by atoms with Crippen LogP contribution in [0.1, 0.15) is 17.4 Å². The van der Waals surface area contributed by atoms with Crippen LogP contribution in [-0.4, -0.2) is 5.11 Å². The van der Waals surface area contributed by atoms with E-state index in [1.165, 1.54) is 30.4 Å². The molecule has 0 aliphatic heterocycles. The Morgan fingerprint density at radius 1 is 1.29 bits per heavy atom. The lowest BCUT2D eigenvalue weighted by atomic mass is 9.94. The third kappa shape index (κ3) is 2.14. The first kappa shape index (κ1) is 12.7. The third-order valence-corrected chi connectivity index (χ3v) is 4.58. The van der Waals surface area contributed by atoms with Gasteiger partial charge in [-0.1, -0.05) is 12.1 Å². The van der Waals surface area contributed by atoms with Crippen LogP contribution in [0.3, 0.4) is 0 Å². The van der Waals surface area contributed by atoms with Gasteiger partial charge in [-0.05, 0) is 40.4 Å². The molecule has 0 spiro atoms. The fourth-order valence-corrected chi connectivity index (χ4v) is 3.48. The van der Waals surface area contributed by atoms with Gasteiger partial charge in [0.1, 0.15) is 5.60 Å². The predicted octanol–water partition coefficient (Wildman–Crippen LogP) is 4.04. The highest BCUT2D eigenvalue weighted by Crippen LogP contribution is 2.39. The monoisotopic (exact) mass is 318 g/mol. The highest BCUT2D eigenvalue weighted by Gasteiger charge is 2.32. The number of halogens is 3. The topological polar surface area (TPSA) is 20.2 Å². The Bertz CT molecular complexity index is 551. The van der Waals surface area contributed by atoms with Crippen molar-refractivity contribution in [2.75, 3.05) is 0 Å². The van der Waals surface area contributed by atoms with Crippen molar-refractivity contribution >= 4 is 27.3 Å². The molecular weight excluding hydrogens is 310 g/mol. The van der Waals surface area contributed by atoms with Gasteiger partial charge in [0.05, 0.1) is 4.88 Å². The Kier molecular flexibility index (Phi) is 3.34. The molecule has 90 valence electrons. The van der Waals surface area contributed by atoms with E-state index >= 15 is 0 Å². The molecule has 1 nitrogen and oxygen atoms in total. The van der Waals surface area contributed by atoms with E-state index in [9.17, 15) is 13.9 Å². The summed E-state index contributed by atoms with van der Waals surface area (Å²) < 4.78 is 27.5. The molecule has 1 N–H and O–H groups in total. The minimum Gasteiger partial charge on any atom is -0.380 e. The zero-order chi connectivity index (χ0) is 12.6. The number of thiophene rings is 1. The van der Waals surface area contributed by atoms with Gasteiger partial charge < -0.3 is 5.11 Å². The second-order valence-electron chi connectivity index (χ2n) is 3.77. The van der Waals surface area contributed by atoms with E-state index in [4.69, 9.17) is 0 Å². The lowest BCUT2D eigenvalue weighted by molar-refractivity contribution is 0.100. The number of hydrogen-bond acceptors (Lipinski definition) is 2. The van der Waals surface area contributed by atoms with Crippen LogP contribution in [0.25, 0.3) is 0 Å². The van der Waals surface area contributed by atoms with Crippen molar-refractivity contribution in [3.8, 4) is 0 Å². The summed E-state index contributed by atoms with van der Waals surface area (Å²) in [4.78, 5) is 0.544. The molecule has 1 heterocycles. The standard InChI is InChI=1S/C12H9BrF2OS/c1-12(16,11-8(13)5-6-17-11)7-3-2-4-9(14)10(7)15/h2-6,16H,1H3. The smallest absolute Gasteiger partial charge is 0.165 e. The molecule has 0 saturated heterocycles. The van der Waals surface area contributed by atoms with Crippen LogP contribution >= 0.6 is 27.3 Å². The van der Waals surface area contributed by atoms with Crippen molar-refractivity contribution in [2.45, 2.75) is 12.5 Å². The molecule has 2 rings (SSSR count). The Balaban J connectivity index is 2.60. The molecule has 1 aromatic heterocycles. The van der Waals surface area contributed by atoms with E-state index in [0.717, 1.165) is 6.07 Å². The van der Waals surface area contributed by atoms with E-state index in [0.29, 0.717) is 9.35 Å². The van der Waals surface area contributed by atoms with E-state index in [1.807, 2.05) is 0 Å². The summed E-state index contributed by atoms with van der Waals surface area (Å²) in [5.41, 5.74) is -1.63. The SMILES string of the molecule is CC(O)(c1cccc(F)c1F)c1sccc1Br. The van der Waals surface area contributed by atoms with Crippen LogP contribution in [-0.2, 0) is 5.60 Å². The lowest BCUT2D eigenvalue weighted by Crippen LogP contribution is -2.24. The maximum absolute atomic E-state index is 13.7. The van der Waals surface area contributed by atoms with Gasteiger partial charge in [-0.2, -0.15) is 0 Å². The van der Waals surface area contributed by atoms with E-state index < -0.39 is 17.2 Å². The molecule has 0 aliphatic carbocycles. The lowest BCUT2D eigenvalue weighted by Gasteiger charge is -2.23. The van der Waals surface area contributed by atoms with Gasteiger partial charge in [-0.3, -0.25) is 0 Å².